The third kappa shape index (κ3) is 2.77. The maximum absolute atomic E-state index is 12.5. The molecule has 0 spiro atoms. The Labute approximate surface area is 137 Å². The minimum Gasteiger partial charge on any atom is -0.349 e. The molecule has 1 amide bonds. The van der Waals surface area contributed by atoms with Crippen molar-refractivity contribution < 1.29 is 9.69 Å². The smallest absolute Gasteiger partial charge is 0.253 e. The number of fused-ring (bicyclic) bond motifs is 2. The van der Waals surface area contributed by atoms with Crippen LogP contribution in [0, 0.1) is 0 Å². The molecular weight excluding hydrogens is 296 g/mol. The van der Waals surface area contributed by atoms with E-state index in [1.54, 1.807) is 6.07 Å². The summed E-state index contributed by atoms with van der Waals surface area (Å²) < 4.78 is 0. The first-order chi connectivity index (χ1) is 10.7. The van der Waals surface area contributed by atoms with Crippen molar-refractivity contribution in [3.05, 3.63) is 34.9 Å². The molecule has 3 aliphatic rings. The minimum absolute atomic E-state index is 0.0106. The van der Waals surface area contributed by atoms with Gasteiger partial charge < -0.3 is 10.2 Å². The van der Waals surface area contributed by atoms with Crippen molar-refractivity contribution in [1.29, 1.82) is 0 Å². The van der Waals surface area contributed by atoms with Crippen molar-refractivity contribution in [2.24, 2.45) is 0 Å². The third-order valence-corrected chi connectivity index (χ3v) is 6.02. The Hall–Kier alpha value is -1.06. The zero-order chi connectivity index (χ0) is 15.1. The lowest BCUT2D eigenvalue weighted by molar-refractivity contribution is -0.971. The normalized spacial score (nSPS) is 34.2. The molecule has 22 heavy (non-hydrogen) atoms. The van der Waals surface area contributed by atoms with Gasteiger partial charge >= 0.3 is 0 Å². The van der Waals surface area contributed by atoms with Gasteiger partial charge in [-0.25, -0.2) is 0 Å². The van der Waals surface area contributed by atoms with Gasteiger partial charge in [0.1, 0.15) is 0 Å². The molecule has 1 aliphatic carbocycles. The molecule has 2 saturated heterocycles. The molecule has 3 nitrogen and oxygen atoms in total. The molecule has 4 rings (SSSR count). The lowest BCUT2D eigenvalue weighted by Crippen LogP contribution is -3.22. The van der Waals surface area contributed by atoms with Crippen LogP contribution in [0.5, 0.6) is 0 Å². The number of nitrogens with one attached hydrogen (secondary N) is 2. The fraction of sp³-hybridized carbons (Fsp3) is 0.611. The van der Waals surface area contributed by atoms with E-state index in [0.717, 1.165) is 31.0 Å². The number of carbonyl (C=O) groups excluding carboxylic acids is 1. The quantitative estimate of drug-likeness (QED) is 0.880. The van der Waals surface area contributed by atoms with Gasteiger partial charge in [-0.2, -0.15) is 0 Å². The molecule has 2 bridgehead atoms. The van der Waals surface area contributed by atoms with Crippen molar-refractivity contribution in [2.45, 2.75) is 69.1 Å². The summed E-state index contributed by atoms with van der Waals surface area (Å²) in [5.74, 6) is -0.0106. The van der Waals surface area contributed by atoms with Gasteiger partial charge in [0.2, 0.25) is 0 Å². The van der Waals surface area contributed by atoms with Crippen molar-refractivity contribution >= 4 is 17.5 Å². The van der Waals surface area contributed by atoms with Gasteiger partial charge in [-0.05, 0) is 31.4 Å². The molecule has 118 valence electrons. The number of piperidine rings is 2. The Morgan fingerprint density at radius 3 is 2.36 bits per heavy atom. The van der Waals surface area contributed by atoms with E-state index in [0.29, 0.717) is 16.6 Å². The van der Waals surface area contributed by atoms with Gasteiger partial charge in [0.25, 0.3) is 5.91 Å². The second kappa shape index (κ2) is 5.86. The van der Waals surface area contributed by atoms with E-state index in [1.807, 2.05) is 23.1 Å². The number of halogens is 1. The van der Waals surface area contributed by atoms with E-state index >= 15 is 0 Å². The highest BCUT2D eigenvalue weighted by Gasteiger charge is 2.48. The van der Waals surface area contributed by atoms with Crippen LogP contribution in [0.2, 0.25) is 5.02 Å². The standard InChI is InChI=1S/C18H23ClN2O/c19-17-7-2-1-6-16(17)18(22)20-12-10-14-4-3-5-15(11-12)21(14)13-8-9-13/h1-2,6-7,12-15H,3-5,8-11H2,(H,20,22)/p+1/t14-,15-/m1/s1. The molecule has 2 heterocycles. The van der Waals surface area contributed by atoms with E-state index in [2.05, 4.69) is 5.32 Å². The minimum atomic E-state index is -0.0106. The van der Waals surface area contributed by atoms with Crippen LogP contribution in [0.1, 0.15) is 55.3 Å². The van der Waals surface area contributed by atoms with Gasteiger partial charge in [0.05, 0.1) is 28.7 Å². The van der Waals surface area contributed by atoms with E-state index in [1.165, 1.54) is 32.1 Å². The Kier molecular flexibility index (Phi) is 3.87. The molecule has 1 aromatic carbocycles. The summed E-state index contributed by atoms with van der Waals surface area (Å²) in [4.78, 5) is 14.3. The van der Waals surface area contributed by atoms with E-state index in [-0.39, 0.29) is 5.91 Å². The fourth-order valence-electron chi connectivity index (χ4n) is 4.68. The molecule has 0 unspecified atom stereocenters. The van der Waals surface area contributed by atoms with Crippen molar-refractivity contribution in [3.8, 4) is 0 Å². The largest absolute Gasteiger partial charge is 0.349 e. The SMILES string of the molecule is O=C(NC1C[C@H]2CCC[C@H](C1)[NH+]2C1CC1)c1ccccc1Cl. The predicted octanol–water partition coefficient (Wildman–Crippen LogP) is 2.20. The van der Waals surface area contributed by atoms with Crippen LogP contribution >= 0.6 is 11.6 Å². The average molecular weight is 320 g/mol. The molecular formula is C18H24ClN2O+. The summed E-state index contributed by atoms with van der Waals surface area (Å²) in [5.41, 5.74) is 0.603. The Balaban J connectivity index is 1.44. The van der Waals surface area contributed by atoms with Crippen LogP contribution in [-0.4, -0.2) is 30.1 Å². The number of rotatable bonds is 3. The van der Waals surface area contributed by atoms with Crippen LogP contribution in [-0.2, 0) is 0 Å². The van der Waals surface area contributed by atoms with Crippen LogP contribution in [0.25, 0.3) is 0 Å². The second-order valence-corrected chi connectivity index (χ2v) is 7.63. The molecule has 0 radical (unpaired) electrons. The number of carbonyl (C=O) groups is 1. The number of hydrogen-bond donors (Lipinski definition) is 2. The summed E-state index contributed by atoms with van der Waals surface area (Å²) in [6.07, 6.45) is 9.15. The zero-order valence-corrected chi connectivity index (χ0v) is 13.6. The molecule has 2 N–H and O–H groups in total. The maximum Gasteiger partial charge on any atom is 0.253 e. The molecule has 2 aliphatic heterocycles. The summed E-state index contributed by atoms with van der Waals surface area (Å²) in [7, 11) is 0. The van der Waals surface area contributed by atoms with Crippen LogP contribution in [0.4, 0.5) is 0 Å². The lowest BCUT2D eigenvalue weighted by atomic mass is 9.81. The Morgan fingerprint density at radius 2 is 1.73 bits per heavy atom. The molecule has 4 heteroatoms. The van der Waals surface area contributed by atoms with Crippen molar-refractivity contribution in [1.82, 2.24) is 5.32 Å². The highest BCUT2D eigenvalue weighted by Crippen LogP contribution is 2.28. The lowest BCUT2D eigenvalue weighted by Gasteiger charge is -2.46. The Bertz CT molecular complexity index is 558. The summed E-state index contributed by atoms with van der Waals surface area (Å²) in [6, 6.07) is 10.1. The Morgan fingerprint density at radius 1 is 1.05 bits per heavy atom. The van der Waals surface area contributed by atoms with Gasteiger partial charge in [0.15, 0.2) is 0 Å². The number of hydrogen-bond acceptors (Lipinski definition) is 1. The predicted molar refractivity (Wildman–Crippen MR) is 87.4 cm³/mol. The highest BCUT2D eigenvalue weighted by molar-refractivity contribution is 6.33. The second-order valence-electron chi connectivity index (χ2n) is 7.22. The zero-order valence-electron chi connectivity index (χ0n) is 12.9. The van der Waals surface area contributed by atoms with Gasteiger partial charge in [-0.1, -0.05) is 23.7 Å². The first kappa shape index (κ1) is 14.5. The van der Waals surface area contributed by atoms with E-state index in [9.17, 15) is 4.79 Å². The van der Waals surface area contributed by atoms with E-state index in [4.69, 9.17) is 11.6 Å². The summed E-state index contributed by atoms with van der Waals surface area (Å²) in [5, 5.41) is 3.79. The monoisotopic (exact) mass is 319 g/mol. The van der Waals surface area contributed by atoms with Gasteiger partial charge in [-0.3, -0.25) is 4.79 Å². The summed E-state index contributed by atoms with van der Waals surface area (Å²) >= 11 is 6.14. The van der Waals surface area contributed by atoms with E-state index < -0.39 is 0 Å². The molecule has 1 saturated carbocycles. The molecule has 2 atom stereocenters. The van der Waals surface area contributed by atoms with Gasteiger partial charge in [0, 0.05) is 31.7 Å². The maximum atomic E-state index is 12.5. The number of quaternary nitrogens is 1. The summed E-state index contributed by atoms with van der Waals surface area (Å²) in [6.45, 7) is 0. The molecule has 1 aromatic rings. The van der Waals surface area contributed by atoms with Crippen LogP contribution in [0.3, 0.4) is 0 Å². The number of benzene rings is 1. The van der Waals surface area contributed by atoms with Gasteiger partial charge in [-0.15, -0.1) is 0 Å². The third-order valence-electron chi connectivity index (χ3n) is 5.69. The van der Waals surface area contributed by atoms with Crippen molar-refractivity contribution in [2.75, 3.05) is 0 Å². The first-order valence-electron chi connectivity index (χ1n) is 8.64. The fourth-order valence-corrected chi connectivity index (χ4v) is 4.90. The molecule has 0 aromatic heterocycles. The van der Waals surface area contributed by atoms with Crippen LogP contribution < -0.4 is 10.2 Å². The first-order valence-corrected chi connectivity index (χ1v) is 9.02. The van der Waals surface area contributed by atoms with Crippen LogP contribution in [0.15, 0.2) is 24.3 Å². The average Bonchev–Trinajstić information content (AvgIpc) is 3.31. The highest BCUT2D eigenvalue weighted by atomic mass is 35.5. The topological polar surface area (TPSA) is 33.5 Å². The van der Waals surface area contributed by atoms with Crippen molar-refractivity contribution in [3.63, 3.8) is 0 Å². The molecule has 3 fully saturated rings. The number of amides is 1.